The third kappa shape index (κ3) is 4.14. The van der Waals surface area contributed by atoms with Gasteiger partial charge in [0.25, 0.3) is 5.91 Å². The lowest BCUT2D eigenvalue weighted by atomic mass is 10.0. The Labute approximate surface area is 161 Å². The van der Waals surface area contributed by atoms with Crippen LogP contribution >= 0.6 is 0 Å². The molecule has 1 aromatic carbocycles. The van der Waals surface area contributed by atoms with Crippen LogP contribution in [0.15, 0.2) is 42.7 Å². The molecule has 144 valence electrons. The van der Waals surface area contributed by atoms with Crippen molar-refractivity contribution < 1.29 is 9.59 Å². The van der Waals surface area contributed by atoms with E-state index in [0.717, 1.165) is 10.9 Å². The van der Waals surface area contributed by atoms with Crippen molar-refractivity contribution in [2.75, 3.05) is 10.6 Å². The van der Waals surface area contributed by atoms with Crippen molar-refractivity contribution in [1.29, 1.82) is 0 Å². The number of carbonyl (C=O) groups excluding carboxylic acids is 2. The van der Waals surface area contributed by atoms with Crippen molar-refractivity contribution in [2.45, 2.75) is 19.9 Å². The minimum absolute atomic E-state index is 0.0682. The summed E-state index contributed by atoms with van der Waals surface area (Å²) < 4.78 is 0. The minimum Gasteiger partial charge on any atom is -0.368 e. The molecule has 2 heterocycles. The number of hydrogen-bond donors (Lipinski definition) is 4. The summed E-state index contributed by atoms with van der Waals surface area (Å²) in [6.45, 7) is 3.70. The molecule has 0 radical (unpaired) electrons. The summed E-state index contributed by atoms with van der Waals surface area (Å²) in [6, 6.07) is 8.65. The molecule has 9 heteroatoms. The third-order valence-corrected chi connectivity index (χ3v) is 4.18. The molecule has 1 atom stereocenters. The van der Waals surface area contributed by atoms with E-state index < -0.39 is 17.9 Å². The van der Waals surface area contributed by atoms with E-state index in [1.165, 1.54) is 6.20 Å². The van der Waals surface area contributed by atoms with Gasteiger partial charge in [-0.15, -0.1) is 0 Å². The SMILES string of the molecule is CC(C)[C@@H](Nc1ncc(C(N)=O)c(Nc2ccc3ncccc3c2)n1)C(N)=O. The summed E-state index contributed by atoms with van der Waals surface area (Å²) in [7, 11) is 0. The minimum atomic E-state index is -0.674. The zero-order valence-corrected chi connectivity index (χ0v) is 15.5. The number of pyridine rings is 1. The molecule has 0 unspecified atom stereocenters. The summed E-state index contributed by atoms with van der Waals surface area (Å²) in [6.07, 6.45) is 3.02. The first-order valence-electron chi connectivity index (χ1n) is 8.69. The first kappa shape index (κ1) is 19.0. The van der Waals surface area contributed by atoms with Crippen LogP contribution < -0.4 is 22.1 Å². The maximum Gasteiger partial charge on any atom is 0.254 e. The molecule has 0 spiro atoms. The van der Waals surface area contributed by atoms with Crippen molar-refractivity contribution in [3.05, 3.63) is 48.3 Å². The van der Waals surface area contributed by atoms with Gasteiger partial charge >= 0.3 is 0 Å². The van der Waals surface area contributed by atoms with E-state index in [2.05, 4.69) is 25.6 Å². The number of nitrogens with two attached hydrogens (primary N) is 2. The quantitative estimate of drug-likeness (QED) is 0.489. The zero-order valence-electron chi connectivity index (χ0n) is 15.5. The largest absolute Gasteiger partial charge is 0.368 e. The predicted molar refractivity (Wildman–Crippen MR) is 107 cm³/mol. The van der Waals surface area contributed by atoms with Gasteiger partial charge in [-0.2, -0.15) is 4.98 Å². The van der Waals surface area contributed by atoms with Crippen LogP contribution in [0.2, 0.25) is 0 Å². The Bertz CT molecular complexity index is 1040. The standard InChI is InChI=1S/C19H21N7O2/c1-10(2)15(17(21)28)25-19-23-9-13(16(20)27)18(26-19)24-12-5-6-14-11(8-12)4-3-7-22-14/h3-10,15H,1-2H3,(H2,20,27)(H2,21,28)(H2,23,24,25,26)/t15-/m1/s1. The third-order valence-electron chi connectivity index (χ3n) is 4.18. The molecule has 0 bridgehead atoms. The van der Waals surface area contributed by atoms with Gasteiger partial charge < -0.3 is 22.1 Å². The number of amides is 2. The summed E-state index contributed by atoms with van der Waals surface area (Å²) >= 11 is 0. The Morgan fingerprint density at radius 1 is 1.11 bits per heavy atom. The highest BCUT2D eigenvalue weighted by molar-refractivity contribution is 5.98. The van der Waals surface area contributed by atoms with Crippen molar-refractivity contribution in [2.24, 2.45) is 17.4 Å². The average molecular weight is 379 g/mol. The van der Waals surface area contributed by atoms with Gasteiger partial charge in [-0.3, -0.25) is 14.6 Å². The van der Waals surface area contributed by atoms with Gasteiger partial charge in [0.1, 0.15) is 17.4 Å². The fourth-order valence-electron chi connectivity index (χ4n) is 2.72. The van der Waals surface area contributed by atoms with Crippen molar-refractivity contribution >= 4 is 40.2 Å². The number of fused-ring (bicyclic) bond motifs is 1. The van der Waals surface area contributed by atoms with Gasteiger partial charge in [-0.1, -0.05) is 19.9 Å². The van der Waals surface area contributed by atoms with E-state index >= 15 is 0 Å². The molecule has 2 aromatic heterocycles. The van der Waals surface area contributed by atoms with Crippen molar-refractivity contribution in [3.8, 4) is 0 Å². The van der Waals surface area contributed by atoms with Gasteiger partial charge in [-0.25, -0.2) is 4.98 Å². The number of rotatable bonds is 7. The van der Waals surface area contributed by atoms with Gasteiger partial charge in [-0.05, 0) is 30.2 Å². The smallest absolute Gasteiger partial charge is 0.254 e. The van der Waals surface area contributed by atoms with Crippen LogP contribution in [0.5, 0.6) is 0 Å². The lowest BCUT2D eigenvalue weighted by Crippen LogP contribution is -2.40. The number of hydrogen-bond acceptors (Lipinski definition) is 7. The van der Waals surface area contributed by atoms with Gasteiger partial charge in [0.2, 0.25) is 11.9 Å². The molecule has 2 amide bonds. The number of primary amides is 2. The number of carbonyl (C=O) groups is 2. The molecule has 0 saturated carbocycles. The topological polar surface area (TPSA) is 149 Å². The molecule has 28 heavy (non-hydrogen) atoms. The molecular formula is C19H21N7O2. The average Bonchev–Trinajstić information content (AvgIpc) is 2.65. The number of anilines is 3. The second kappa shape index (κ2) is 7.87. The maximum atomic E-state index is 11.8. The number of aromatic nitrogens is 3. The lowest BCUT2D eigenvalue weighted by Gasteiger charge is -2.19. The summed E-state index contributed by atoms with van der Waals surface area (Å²) in [5, 5.41) is 6.91. The Hall–Kier alpha value is -3.75. The maximum absolute atomic E-state index is 11.8. The number of nitrogens with one attached hydrogen (secondary N) is 2. The van der Waals surface area contributed by atoms with Crippen LogP contribution in [0, 0.1) is 5.92 Å². The molecule has 9 nitrogen and oxygen atoms in total. The molecule has 0 fully saturated rings. The zero-order chi connectivity index (χ0) is 20.3. The molecule has 0 aliphatic rings. The summed E-state index contributed by atoms with van der Waals surface area (Å²) in [5.41, 5.74) is 12.5. The molecule has 3 rings (SSSR count). The first-order chi connectivity index (χ1) is 13.3. The van der Waals surface area contributed by atoms with Crippen LogP contribution in [-0.2, 0) is 4.79 Å². The highest BCUT2D eigenvalue weighted by atomic mass is 16.1. The van der Waals surface area contributed by atoms with Gasteiger partial charge in [0.15, 0.2) is 0 Å². The Morgan fingerprint density at radius 3 is 2.57 bits per heavy atom. The van der Waals surface area contributed by atoms with Crippen LogP contribution in [0.25, 0.3) is 10.9 Å². The van der Waals surface area contributed by atoms with Crippen LogP contribution in [0.1, 0.15) is 24.2 Å². The fourth-order valence-corrected chi connectivity index (χ4v) is 2.72. The Kier molecular flexibility index (Phi) is 5.35. The van der Waals surface area contributed by atoms with E-state index in [1.54, 1.807) is 6.20 Å². The van der Waals surface area contributed by atoms with Crippen LogP contribution in [-0.4, -0.2) is 32.8 Å². The fraction of sp³-hybridized carbons (Fsp3) is 0.211. The summed E-state index contributed by atoms with van der Waals surface area (Å²) in [4.78, 5) is 36.1. The van der Waals surface area contributed by atoms with Crippen LogP contribution in [0.3, 0.4) is 0 Å². The van der Waals surface area contributed by atoms with E-state index in [-0.39, 0.29) is 23.2 Å². The number of benzene rings is 1. The molecule has 0 aliphatic carbocycles. The van der Waals surface area contributed by atoms with Gasteiger partial charge in [0.05, 0.1) is 5.52 Å². The van der Waals surface area contributed by atoms with E-state index in [4.69, 9.17) is 11.5 Å². The molecular weight excluding hydrogens is 358 g/mol. The predicted octanol–water partition coefficient (Wildman–Crippen LogP) is 1.79. The van der Waals surface area contributed by atoms with Crippen molar-refractivity contribution in [3.63, 3.8) is 0 Å². The van der Waals surface area contributed by atoms with E-state index in [0.29, 0.717) is 5.69 Å². The van der Waals surface area contributed by atoms with E-state index in [1.807, 2.05) is 44.2 Å². The second-order valence-corrected chi connectivity index (χ2v) is 6.62. The highest BCUT2D eigenvalue weighted by Crippen LogP contribution is 2.23. The van der Waals surface area contributed by atoms with Crippen molar-refractivity contribution in [1.82, 2.24) is 15.0 Å². The molecule has 0 saturated heterocycles. The van der Waals surface area contributed by atoms with E-state index in [9.17, 15) is 9.59 Å². The Balaban J connectivity index is 1.95. The second-order valence-electron chi connectivity index (χ2n) is 6.62. The highest BCUT2D eigenvalue weighted by Gasteiger charge is 2.21. The number of nitrogens with zero attached hydrogens (tertiary/aromatic N) is 3. The summed E-state index contributed by atoms with van der Waals surface area (Å²) in [5.74, 6) is -0.880. The normalized spacial score (nSPS) is 12.0. The van der Waals surface area contributed by atoms with Crippen LogP contribution in [0.4, 0.5) is 17.5 Å². The monoisotopic (exact) mass is 379 g/mol. The molecule has 3 aromatic rings. The molecule has 0 aliphatic heterocycles. The first-order valence-corrected chi connectivity index (χ1v) is 8.69. The lowest BCUT2D eigenvalue weighted by molar-refractivity contribution is -0.119. The Morgan fingerprint density at radius 2 is 1.89 bits per heavy atom. The van der Waals surface area contributed by atoms with Gasteiger partial charge in [0, 0.05) is 23.5 Å². The molecule has 6 N–H and O–H groups in total.